The number of halogens is 1. The summed E-state index contributed by atoms with van der Waals surface area (Å²) in [6, 6.07) is 10.4. The molecule has 4 atom stereocenters. The van der Waals surface area contributed by atoms with Gasteiger partial charge in [-0.25, -0.2) is 13.1 Å². The highest BCUT2D eigenvalue weighted by atomic mass is 35.5. The molecule has 5 nitrogen and oxygen atoms in total. The van der Waals surface area contributed by atoms with Gasteiger partial charge in [-0.05, 0) is 23.9 Å². The van der Waals surface area contributed by atoms with Gasteiger partial charge in [0, 0.05) is 42.0 Å². The molecular weight excluding hydrogens is 362 g/mol. The molecule has 2 aromatic rings. The first-order valence-corrected chi connectivity index (χ1v) is 10.2. The molecule has 0 unspecified atom stereocenters. The molecule has 1 saturated heterocycles. The van der Waals surface area contributed by atoms with Crippen molar-refractivity contribution in [2.45, 2.75) is 23.5 Å². The van der Waals surface area contributed by atoms with Crippen LogP contribution >= 0.6 is 11.6 Å². The van der Waals surface area contributed by atoms with Crippen LogP contribution in [0.5, 0.6) is 0 Å². The molecule has 1 aliphatic carbocycles. The largest absolute Gasteiger partial charge is 0.384 e. The minimum absolute atomic E-state index is 0.0396. The number of sulfonamides is 1. The molecule has 2 aliphatic rings. The Morgan fingerprint density at radius 3 is 2.80 bits per heavy atom. The van der Waals surface area contributed by atoms with Crippen LogP contribution in [0.1, 0.15) is 6.42 Å². The monoisotopic (exact) mass is 381 g/mol. The molecule has 0 amide bonds. The van der Waals surface area contributed by atoms with Gasteiger partial charge < -0.3 is 9.47 Å². The van der Waals surface area contributed by atoms with Crippen LogP contribution in [-0.2, 0) is 19.5 Å². The van der Waals surface area contributed by atoms with Gasteiger partial charge in [-0.3, -0.25) is 0 Å². The SMILES string of the molecule is COC[C@@H]1[C@H](NS(=O)(=O)c2cccc3cccc(Cl)c23)[C@@H]2CCO[C@H]12. The molecular formula is C18H20ClNO4S. The maximum atomic E-state index is 13.1. The summed E-state index contributed by atoms with van der Waals surface area (Å²) in [5.41, 5.74) is 0. The van der Waals surface area contributed by atoms with Crippen molar-refractivity contribution in [3.8, 4) is 0 Å². The predicted molar refractivity (Wildman–Crippen MR) is 96.3 cm³/mol. The van der Waals surface area contributed by atoms with Crippen molar-refractivity contribution in [3.63, 3.8) is 0 Å². The van der Waals surface area contributed by atoms with Gasteiger partial charge in [0.05, 0.1) is 17.6 Å². The zero-order valence-electron chi connectivity index (χ0n) is 13.8. The van der Waals surface area contributed by atoms with Crippen LogP contribution < -0.4 is 4.72 Å². The second-order valence-electron chi connectivity index (χ2n) is 6.65. The molecule has 0 aromatic heterocycles. The maximum Gasteiger partial charge on any atom is 0.241 e. The van der Waals surface area contributed by atoms with E-state index < -0.39 is 10.0 Å². The lowest BCUT2D eigenvalue weighted by Gasteiger charge is -2.47. The van der Waals surface area contributed by atoms with Crippen LogP contribution in [0, 0.1) is 11.8 Å². The average Bonchev–Trinajstić information content (AvgIpc) is 3.02. The molecule has 1 heterocycles. The fourth-order valence-corrected chi connectivity index (χ4v) is 6.05. The van der Waals surface area contributed by atoms with Gasteiger partial charge in [0.15, 0.2) is 0 Å². The molecule has 2 aromatic carbocycles. The zero-order valence-corrected chi connectivity index (χ0v) is 15.4. The number of hydrogen-bond donors (Lipinski definition) is 1. The molecule has 1 saturated carbocycles. The first kappa shape index (κ1) is 17.2. The van der Waals surface area contributed by atoms with Crippen LogP contribution in [0.4, 0.5) is 0 Å². The van der Waals surface area contributed by atoms with Crippen LogP contribution in [0.15, 0.2) is 41.3 Å². The number of methoxy groups -OCH3 is 1. The molecule has 2 fully saturated rings. The minimum atomic E-state index is -3.70. The van der Waals surface area contributed by atoms with Crippen LogP contribution in [0.3, 0.4) is 0 Å². The Balaban J connectivity index is 1.69. The molecule has 0 radical (unpaired) electrons. The smallest absolute Gasteiger partial charge is 0.241 e. The van der Waals surface area contributed by atoms with Crippen LogP contribution in [0.2, 0.25) is 5.02 Å². The summed E-state index contributed by atoms with van der Waals surface area (Å²) in [5.74, 6) is 0.248. The Bertz CT molecular complexity index is 896. The Kier molecular flexibility index (Phi) is 4.50. The quantitative estimate of drug-likeness (QED) is 0.864. The van der Waals surface area contributed by atoms with Crippen LogP contribution in [0.25, 0.3) is 10.8 Å². The van der Waals surface area contributed by atoms with Gasteiger partial charge in [0.25, 0.3) is 0 Å². The molecule has 1 N–H and O–H groups in total. The van der Waals surface area contributed by atoms with E-state index in [1.54, 1.807) is 25.3 Å². The molecule has 1 aliphatic heterocycles. The Morgan fingerprint density at radius 1 is 1.28 bits per heavy atom. The summed E-state index contributed by atoms with van der Waals surface area (Å²) < 4.78 is 40.0. The third-order valence-corrected chi connectivity index (χ3v) is 7.10. The summed E-state index contributed by atoms with van der Waals surface area (Å²) >= 11 is 6.29. The Labute approximate surface area is 152 Å². The molecule has 25 heavy (non-hydrogen) atoms. The van der Waals surface area contributed by atoms with Crippen molar-refractivity contribution in [2.24, 2.45) is 11.8 Å². The number of fused-ring (bicyclic) bond motifs is 2. The Hall–Kier alpha value is -1.18. The van der Waals surface area contributed by atoms with Crippen molar-refractivity contribution >= 4 is 32.4 Å². The highest BCUT2D eigenvalue weighted by Gasteiger charge is 2.55. The van der Waals surface area contributed by atoms with Crippen molar-refractivity contribution in [1.29, 1.82) is 0 Å². The summed E-state index contributed by atoms with van der Waals surface area (Å²) in [5, 5.41) is 1.79. The maximum absolute atomic E-state index is 13.1. The van der Waals surface area contributed by atoms with E-state index in [4.69, 9.17) is 21.1 Å². The molecule has 0 spiro atoms. The van der Waals surface area contributed by atoms with E-state index >= 15 is 0 Å². The van der Waals surface area contributed by atoms with Crippen molar-refractivity contribution in [3.05, 3.63) is 41.4 Å². The molecule has 4 rings (SSSR count). The molecule has 7 heteroatoms. The average molecular weight is 382 g/mol. The van der Waals surface area contributed by atoms with Crippen LogP contribution in [-0.4, -0.2) is 40.9 Å². The Morgan fingerprint density at radius 2 is 2.04 bits per heavy atom. The van der Waals surface area contributed by atoms with E-state index in [9.17, 15) is 8.42 Å². The number of rotatable bonds is 5. The van der Waals surface area contributed by atoms with E-state index in [-0.39, 0.29) is 28.9 Å². The number of hydrogen-bond acceptors (Lipinski definition) is 4. The second kappa shape index (κ2) is 6.52. The van der Waals surface area contributed by atoms with Crippen molar-refractivity contribution in [1.82, 2.24) is 4.72 Å². The number of ether oxygens (including phenoxy) is 2. The van der Waals surface area contributed by atoms with Gasteiger partial charge >= 0.3 is 0 Å². The first-order valence-electron chi connectivity index (χ1n) is 8.33. The van der Waals surface area contributed by atoms with Gasteiger partial charge in [-0.1, -0.05) is 35.9 Å². The van der Waals surface area contributed by atoms with Gasteiger partial charge in [-0.2, -0.15) is 0 Å². The fourth-order valence-electron chi connectivity index (χ4n) is 4.12. The lowest BCUT2D eigenvalue weighted by atomic mass is 9.68. The summed E-state index contributed by atoms with van der Waals surface area (Å²) in [6.45, 7) is 1.15. The molecule has 0 bridgehead atoms. The highest BCUT2D eigenvalue weighted by Crippen LogP contribution is 2.44. The summed E-state index contributed by atoms with van der Waals surface area (Å²) in [7, 11) is -2.08. The van der Waals surface area contributed by atoms with E-state index in [1.807, 2.05) is 18.2 Å². The topological polar surface area (TPSA) is 64.6 Å². The third kappa shape index (κ3) is 2.86. The third-order valence-electron chi connectivity index (χ3n) is 5.28. The van der Waals surface area contributed by atoms with Gasteiger partial charge in [-0.15, -0.1) is 0 Å². The van der Waals surface area contributed by atoms with Gasteiger partial charge in [0.2, 0.25) is 10.0 Å². The van der Waals surface area contributed by atoms with E-state index in [1.165, 1.54) is 0 Å². The lowest BCUT2D eigenvalue weighted by molar-refractivity contribution is -0.0775. The zero-order chi connectivity index (χ0) is 17.6. The predicted octanol–water partition coefficient (Wildman–Crippen LogP) is 2.82. The van der Waals surface area contributed by atoms with Gasteiger partial charge in [0.1, 0.15) is 0 Å². The fraction of sp³-hybridized carbons (Fsp3) is 0.444. The second-order valence-corrected chi connectivity index (χ2v) is 8.74. The summed E-state index contributed by atoms with van der Waals surface area (Å²) in [4.78, 5) is 0.217. The standard InChI is InChI=1S/C18H20ClNO4S/c1-23-10-13-17(12-8-9-24-18(12)13)20-25(21,22)15-7-3-5-11-4-2-6-14(19)16(11)15/h2-7,12-13,17-18,20H,8-10H2,1H3/t12-,13+,17+,18-/m0/s1. The van der Waals surface area contributed by atoms with Crippen molar-refractivity contribution in [2.75, 3.05) is 20.3 Å². The van der Waals surface area contributed by atoms with Crippen molar-refractivity contribution < 1.29 is 17.9 Å². The van der Waals surface area contributed by atoms with E-state index in [2.05, 4.69) is 4.72 Å². The summed E-state index contributed by atoms with van der Waals surface area (Å²) in [6.07, 6.45) is 0.956. The van der Waals surface area contributed by atoms with E-state index in [0.29, 0.717) is 23.6 Å². The highest BCUT2D eigenvalue weighted by molar-refractivity contribution is 7.89. The normalized spacial score (nSPS) is 28.7. The molecule has 134 valence electrons. The lowest BCUT2D eigenvalue weighted by Crippen LogP contribution is -2.62. The minimum Gasteiger partial charge on any atom is -0.384 e. The number of benzene rings is 2. The first-order chi connectivity index (χ1) is 12.0. The number of nitrogens with one attached hydrogen (secondary N) is 1. The van der Waals surface area contributed by atoms with E-state index in [0.717, 1.165) is 11.8 Å².